The largest absolute Gasteiger partial charge is 0.497 e. The van der Waals surface area contributed by atoms with Crippen LogP contribution in [0.5, 0.6) is 11.5 Å². The summed E-state index contributed by atoms with van der Waals surface area (Å²) in [5, 5.41) is 3.63. The molecule has 148 valence electrons. The van der Waals surface area contributed by atoms with Crippen LogP contribution >= 0.6 is 0 Å². The molecule has 1 unspecified atom stereocenters. The van der Waals surface area contributed by atoms with E-state index in [0.717, 1.165) is 39.7 Å². The maximum absolute atomic E-state index is 5.55. The highest BCUT2D eigenvalue weighted by Gasteiger charge is 2.17. The van der Waals surface area contributed by atoms with E-state index in [-0.39, 0.29) is 6.04 Å². The lowest BCUT2D eigenvalue weighted by Gasteiger charge is -2.18. The molecule has 0 aliphatic heterocycles. The van der Waals surface area contributed by atoms with E-state index in [1.54, 1.807) is 14.2 Å². The second kappa shape index (κ2) is 8.37. The summed E-state index contributed by atoms with van der Waals surface area (Å²) >= 11 is 0. The van der Waals surface area contributed by atoms with Crippen molar-refractivity contribution in [2.45, 2.75) is 19.5 Å². The van der Waals surface area contributed by atoms with Crippen LogP contribution in [0.4, 0.5) is 0 Å². The Morgan fingerprint density at radius 2 is 1.76 bits per heavy atom. The Balaban J connectivity index is 1.67. The SMILES string of the molecule is COc1ccc(OC)c(C(C)NCc2c(-c3ccccc3)nc3ccccn23)c1. The summed E-state index contributed by atoms with van der Waals surface area (Å²) in [6, 6.07) is 22.3. The lowest BCUT2D eigenvalue weighted by atomic mass is 10.1. The average molecular weight is 387 g/mol. The molecular weight excluding hydrogens is 362 g/mol. The van der Waals surface area contributed by atoms with Gasteiger partial charge in [-0.2, -0.15) is 0 Å². The van der Waals surface area contributed by atoms with E-state index in [1.165, 1.54) is 0 Å². The second-order valence-corrected chi connectivity index (χ2v) is 6.91. The summed E-state index contributed by atoms with van der Waals surface area (Å²) in [6.45, 7) is 2.79. The molecule has 0 spiro atoms. The van der Waals surface area contributed by atoms with E-state index in [9.17, 15) is 0 Å². The van der Waals surface area contributed by atoms with Gasteiger partial charge in [0.1, 0.15) is 17.1 Å². The summed E-state index contributed by atoms with van der Waals surface area (Å²) in [6.07, 6.45) is 2.06. The van der Waals surface area contributed by atoms with E-state index in [4.69, 9.17) is 14.5 Å². The minimum absolute atomic E-state index is 0.0675. The van der Waals surface area contributed by atoms with Crippen LogP contribution < -0.4 is 14.8 Å². The molecule has 0 fully saturated rings. The molecule has 2 aromatic carbocycles. The van der Waals surface area contributed by atoms with Crippen molar-refractivity contribution in [3.05, 3.63) is 84.2 Å². The molecular formula is C24H25N3O2. The molecule has 1 atom stereocenters. The third-order valence-corrected chi connectivity index (χ3v) is 5.16. The molecule has 5 nitrogen and oxygen atoms in total. The number of hydrogen-bond donors (Lipinski definition) is 1. The van der Waals surface area contributed by atoms with Crippen molar-refractivity contribution in [3.63, 3.8) is 0 Å². The number of imidazole rings is 1. The molecule has 1 N–H and O–H groups in total. The van der Waals surface area contributed by atoms with Gasteiger partial charge in [-0.05, 0) is 37.3 Å². The molecule has 4 rings (SSSR count). The number of nitrogens with one attached hydrogen (secondary N) is 1. The third kappa shape index (κ3) is 3.82. The Kier molecular flexibility index (Phi) is 5.49. The number of aromatic nitrogens is 2. The van der Waals surface area contributed by atoms with E-state index >= 15 is 0 Å². The lowest BCUT2D eigenvalue weighted by Crippen LogP contribution is -2.20. The Morgan fingerprint density at radius 3 is 2.52 bits per heavy atom. The quantitative estimate of drug-likeness (QED) is 0.491. The van der Waals surface area contributed by atoms with Crippen LogP contribution in [0.15, 0.2) is 72.9 Å². The molecule has 0 saturated carbocycles. The summed E-state index contributed by atoms with van der Waals surface area (Å²) in [4.78, 5) is 4.87. The van der Waals surface area contributed by atoms with Gasteiger partial charge >= 0.3 is 0 Å². The fraction of sp³-hybridized carbons (Fsp3) is 0.208. The van der Waals surface area contributed by atoms with Crippen molar-refractivity contribution in [2.24, 2.45) is 0 Å². The van der Waals surface area contributed by atoms with Gasteiger partial charge in [0.15, 0.2) is 0 Å². The number of benzene rings is 2. The van der Waals surface area contributed by atoms with Crippen LogP contribution in [0, 0.1) is 0 Å². The molecule has 29 heavy (non-hydrogen) atoms. The van der Waals surface area contributed by atoms with Crippen LogP contribution in [0.1, 0.15) is 24.2 Å². The Labute approximate surface area is 170 Å². The minimum atomic E-state index is 0.0675. The highest BCUT2D eigenvalue weighted by atomic mass is 16.5. The standard InChI is InChI=1S/C24H25N3O2/c1-17(20-15-19(28-2)12-13-22(20)29-3)25-16-21-24(18-9-5-4-6-10-18)26-23-11-7-8-14-27(21)23/h4-15,17,25H,16H2,1-3H3. The van der Waals surface area contributed by atoms with Gasteiger partial charge in [0.2, 0.25) is 0 Å². The molecule has 2 aromatic heterocycles. The topological polar surface area (TPSA) is 47.8 Å². The van der Waals surface area contributed by atoms with E-state index in [1.807, 2.05) is 54.6 Å². The molecule has 0 saturated heterocycles. The van der Waals surface area contributed by atoms with Crippen LogP contribution in [0.25, 0.3) is 16.9 Å². The predicted molar refractivity (Wildman–Crippen MR) is 115 cm³/mol. The zero-order valence-corrected chi connectivity index (χ0v) is 16.9. The van der Waals surface area contributed by atoms with Crippen LogP contribution in [-0.2, 0) is 6.54 Å². The Morgan fingerprint density at radius 1 is 0.966 bits per heavy atom. The van der Waals surface area contributed by atoms with Gasteiger partial charge in [-0.25, -0.2) is 4.98 Å². The van der Waals surface area contributed by atoms with Gasteiger partial charge in [0, 0.05) is 29.9 Å². The summed E-state index contributed by atoms with van der Waals surface area (Å²) in [5.41, 5.74) is 5.23. The summed E-state index contributed by atoms with van der Waals surface area (Å²) < 4.78 is 13.1. The van der Waals surface area contributed by atoms with Crippen molar-refractivity contribution in [1.29, 1.82) is 0 Å². The third-order valence-electron chi connectivity index (χ3n) is 5.16. The molecule has 4 aromatic rings. The van der Waals surface area contributed by atoms with Gasteiger partial charge in [-0.3, -0.25) is 0 Å². The van der Waals surface area contributed by atoms with Crippen molar-refractivity contribution in [1.82, 2.24) is 14.7 Å². The van der Waals surface area contributed by atoms with Crippen molar-refractivity contribution in [2.75, 3.05) is 14.2 Å². The van der Waals surface area contributed by atoms with Gasteiger partial charge in [-0.15, -0.1) is 0 Å². The molecule has 0 radical (unpaired) electrons. The van der Waals surface area contributed by atoms with Crippen LogP contribution in [0.2, 0.25) is 0 Å². The van der Waals surface area contributed by atoms with E-state index < -0.39 is 0 Å². The fourth-order valence-electron chi connectivity index (χ4n) is 3.58. The molecule has 0 amide bonds. The highest BCUT2D eigenvalue weighted by Crippen LogP contribution is 2.30. The van der Waals surface area contributed by atoms with Gasteiger partial charge in [0.05, 0.1) is 25.6 Å². The van der Waals surface area contributed by atoms with Crippen molar-refractivity contribution < 1.29 is 9.47 Å². The zero-order valence-electron chi connectivity index (χ0n) is 16.9. The minimum Gasteiger partial charge on any atom is -0.497 e. The number of nitrogens with zero attached hydrogens (tertiary/aromatic N) is 2. The van der Waals surface area contributed by atoms with E-state index in [0.29, 0.717) is 6.54 Å². The lowest BCUT2D eigenvalue weighted by molar-refractivity contribution is 0.391. The smallest absolute Gasteiger partial charge is 0.137 e. The first kappa shape index (κ1) is 19.0. The first-order valence-corrected chi connectivity index (χ1v) is 9.68. The Bertz CT molecular complexity index is 1110. The number of ether oxygens (including phenoxy) is 2. The van der Waals surface area contributed by atoms with Gasteiger partial charge < -0.3 is 19.2 Å². The first-order chi connectivity index (χ1) is 14.2. The van der Waals surface area contributed by atoms with Crippen molar-refractivity contribution in [3.8, 4) is 22.8 Å². The highest BCUT2D eigenvalue weighted by molar-refractivity contribution is 5.66. The van der Waals surface area contributed by atoms with Crippen molar-refractivity contribution >= 4 is 5.65 Å². The number of rotatable bonds is 7. The predicted octanol–water partition coefficient (Wildman–Crippen LogP) is 4.87. The Hall–Kier alpha value is -3.31. The van der Waals surface area contributed by atoms with Gasteiger partial charge in [-0.1, -0.05) is 36.4 Å². The maximum atomic E-state index is 5.55. The van der Waals surface area contributed by atoms with Crippen LogP contribution in [-0.4, -0.2) is 23.6 Å². The molecule has 0 aliphatic rings. The molecule has 5 heteroatoms. The average Bonchev–Trinajstić information content (AvgIpc) is 3.16. The van der Waals surface area contributed by atoms with Crippen LogP contribution in [0.3, 0.4) is 0 Å². The monoisotopic (exact) mass is 387 g/mol. The van der Waals surface area contributed by atoms with Gasteiger partial charge in [0.25, 0.3) is 0 Å². The first-order valence-electron chi connectivity index (χ1n) is 9.68. The van der Waals surface area contributed by atoms with E-state index in [2.05, 4.69) is 35.0 Å². The number of pyridine rings is 1. The molecule has 0 aliphatic carbocycles. The number of hydrogen-bond acceptors (Lipinski definition) is 4. The second-order valence-electron chi connectivity index (χ2n) is 6.91. The fourth-order valence-corrected chi connectivity index (χ4v) is 3.58. The number of methoxy groups -OCH3 is 2. The normalized spacial score (nSPS) is 12.1. The molecule has 0 bridgehead atoms. The maximum Gasteiger partial charge on any atom is 0.137 e. The molecule has 2 heterocycles. The number of fused-ring (bicyclic) bond motifs is 1. The zero-order chi connectivity index (χ0) is 20.2. The summed E-state index contributed by atoms with van der Waals surface area (Å²) in [5.74, 6) is 1.65. The summed E-state index contributed by atoms with van der Waals surface area (Å²) in [7, 11) is 3.37.